The minimum Gasteiger partial charge on any atom is -0.459 e. The van der Waals surface area contributed by atoms with Gasteiger partial charge in [0.05, 0.1) is 0 Å². The largest absolute Gasteiger partial charge is 0.459 e. The van der Waals surface area contributed by atoms with Crippen molar-refractivity contribution >= 4 is 46.2 Å². The smallest absolute Gasteiger partial charge is 0.260 e. The van der Waals surface area contributed by atoms with Crippen LogP contribution in [0.3, 0.4) is 0 Å². The SMILES string of the molecule is c1ccc2c(c1)Oc1cc3c(c4c1B2c1ccccc1O4)B1c2ccccc2-c2cccc(c21)O3. The summed E-state index contributed by atoms with van der Waals surface area (Å²) in [7, 11) is 0. The van der Waals surface area contributed by atoms with E-state index in [4.69, 9.17) is 14.2 Å². The van der Waals surface area contributed by atoms with Crippen molar-refractivity contribution in [2.75, 3.05) is 0 Å². The monoisotopic (exact) mass is 446 g/mol. The number of para-hydroxylation sites is 2. The minimum absolute atomic E-state index is 0.0495. The minimum atomic E-state index is 0.0495. The van der Waals surface area contributed by atoms with Crippen molar-refractivity contribution in [3.05, 3.63) is 97.1 Å². The molecule has 0 radical (unpaired) electrons. The summed E-state index contributed by atoms with van der Waals surface area (Å²) in [4.78, 5) is 0. The molecule has 5 aromatic carbocycles. The summed E-state index contributed by atoms with van der Waals surface area (Å²) in [6.07, 6.45) is 0. The number of benzene rings is 5. The zero-order valence-electron chi connectivity index (χ0n) is 18.6. The number of ether oxygens (including phenoxy) is 3. The molecule has 0 aliphatic carbocycles. The Kier molecular flexibility index (Phi) is 3.19. The van der Waals surface area contributed by atoms with E-state index in [0.29, 0.717) is 0 Å². The van der Waals surface area contributed by atoms with Gasteiger partial charge in [-0.25, -0.2) is 0 Å². The van der Waals surface area contributed by atoms with E-state index in [2.05, 4.69) is 78.9 Å². The van der Waals surface area contributed by atoms with E-state index in [-0.39, 0.29) is 13.4 Å². The molecule has 160 valence electrons. The number of fused-ring (bicyclic) bond motifs is 10. The summed E-state index contributed by atoms with van der Waals surface area (Å²) in [5.41, 5.74) is 9.56. The zero-order chi connectivity index (χ0) is 22.7. The third-order valence-corrected chi connectivity index (χ3v) is 7.89. The molecule has 5 heteroatoms. The molecular formula is C30H16B2O3. The van der Waals surface area contributed by atoms with Crippen molar-refractivity contribution in [1.29, 1.82) is 0 Å². The Balaban J connectivity index is 1.39. The molecule has 0 spiro atoms. The molecule has 0 fully saturated rings. The maximum atomic E-state index is 6.76. The molecule has 35 heavy (non-hydrogen) atoms. The Morgan fingerprint density at radius 2 is 0.971 bits per heavy atom. The lowest BCUT2D eigenvalue weighted by Gasteiger charge is -2.36. The molecule has 0 bridgehead atoms. The first-order valence-electron chi connectivity index (χ1n) is 12.0. The van der Waals surface area contributed by atoms with Gasteiger partial charge in [-0.1, -0.05) is 78.3 Å². The summed E-state index contributed by atoms with van der Waals surface area (Å²) >= 11 is 0. The second-order valence-electron chi connectivity index (χ2n) is 9.58. The summed E-state index contributed by atoms with van der Waals surface area (Å²) in [6.45, 7) is 0.109. The van der Waals surface area contributed by atoms with Gasteiger partial charge in [-0.2, -0.15) is 0 Å². The van der Waals surface area contributed by atoms with Crippen LogP contribution in [0, 0.1) is 0 Å². The van der Waals surface area contributed by atoms with Crippen LogP contribution in [0.25, 0.3) is 11.1 Å². The van der Waals surface area contributed by atoms with Crippen LogP contribution in [0.5, 0.6) is 34.5 Å². The van der Waals surface area contributed by atoms with Crippen LogP contribution in [0.1, 0.15) is 0 Å². The highest BCUT2D eigenvalue weighted by atomic mass is 16.5. The van der Waals surface area contributed by atoms with E-state index in [1.54, 1.807) is 0 Å². The first-order valence-corrected chi connectivity index (χ1v) is 12.0. The standard InChI is InChI=1S/C30H16B2O3/c1-2-10-19-17(8-1)18-9-7-15-24-27(18)32(19)29-26(34-24)16-25-28-30(29)35-23-14-6-4-12-21(23)31(28)20-11-3-5-13-22(20)33-25/h1-16H. The van der Waals surface area contributed by atoms with Crippen molar-refractivity contribution < 1.29 is 14.2 Å². The Bertz CT molecular complexity index is 1750. The Hall–Kier alpha value is -4.37. The van der Waals surface area contributed by atoms with Crippen LogP contribution < -0.4 is 47.0 Å². The van der Waals surface area contributed by atoms with Gasteiger partial charge in [0, 0.05) is 17.0 Å². The van der Waals surface area contributed by atoms with Crippen molar-refractivity contribution in [1.82, 2.24) is 0 Å². The topological polar surface area (TPSA) is 27.7 Å². The molecular weight excluding hydrogens is 430 g/mol. The Labute approximate surface area is 203 Å². The third-order valence-electron chi connectivity index (χ3n) is 7.89. The molecule has 4 heterocycles. The zero-order valence-corrected chi connectivity index (χ0v) is 18.6. The quantitative estimate of drug-likeness (QED) is 0.336. The Morgan fingerprint density at radius 1 is 0.400 bits per heavy atom. The fraction of sp³-hybridized carbons (Fsp3) is 0. The summed E-state index contributed by atoms with van der Waals surface area (Å²) in [5, 5.41) is 0. The maximum absolute atomic E-state index is 6.76. The number of hydrogen-bond donors (Lipinski definition) is 0. The molecule has 0 aromatic heterocycles. The van der Waals surface area contributed by atoms with Crippen molar-refractivity contribution in [3.8, 4) is 45.6 Å². The van der Waals surface area contributed by atoms with Gasteiger partial charge in [-0.05, 0) is 45.7 Å². The van der Waals surface area contributed by atoms with E-state index in [1.807, 2.05) is 18.2 Å². The Morgan fingerprint density at radius 3 is 1.77 bits per heavy atom. The lowest BCUT2D eigenvalue weighted by atomic mass is 9.32. The number of hydrogen-bond acceptors (Lipinski definition) is 3. The van der Waals surface area contributed by atoms with Gasteiger partial charge < -0.3 is 14.2 Å². The third kappa shape index (κ3) is 2.15. The van der Waals surface area contributed by atoms with Crippen LogP contribution in [0.4, 0.5) is 0 Å². The van der Waals surface area contributed by atoms with E-state index < -0.39 is 0 Å². The highest BCUT2D eigenvalue weighted by Gasteiger charge is 2.48. The average molecular weight is 446 g/mol. The van der Waals surface area contributed by atoms with Crippen LogP contribution in [0.2, 0.25) is 0 Å². The van der Waals surface area contributed by atoms with Gasteiger partial charge in [-0.15, -0.1) is 0 Å². The lowest BCUT2D eigenvalue weighted by molar-refractivity contribution is 0.447. The molecule has 0 saturated heterocycles. The predicted molar refractivity (Wildman–Crippen MR) is 141 cm³/mol. The van der Waals surface area contributed by atoms with Crippen molar-refractivity contribution in [3.63, 3.8) is 0 Å². The van der Waals surface area contributed by atoms with Crippen LogP contribution in [-0.4, -0.2) is 13.4 Å². The van der Waals surface area contributed by atoms with Gasteiger partial charge in [0.2, 0.25) is 0 Å². The molecule has 9 rings (SSSR count). The molecule has 5 aromatic rings. The van der Waals surface area contributed by atoms with Gasteiger partial charge in [0.1, 0.15) is 34.5 Å². The first kappa shape index (κ1) is 18.0. The molecule has 3 nitrogen and oxygen atoms in total. The van der Waals surface area contributed by atoms with E-state index in [9.17, 15) is 0 Å². The summed E-state index contributed by atoms with van der Waals surface area (Å²) < 4.78 is 19.8. The van der Waals surface area contributed by atoms with Crippen LogP contribution in [0.15, 0.2) is 97.1 Å². The number of rotatable bonds is 0. The van der Waals surface area contributed by atoms with Crippen molar-refractivity contribution in [2.45, 2.75) is 0 Å². The highest BCUT2D eigenvalue weighted by molar-refractivity contribution is 7.03. The van der Waals surface area contributed by atoms with Crippen LogP contribution >= 0.6 is 0 Å². The molecule has 0 unspecified atom stereocenters. The summed E-state index contributed by atoms with van der Waals surface area (Å²) in [6, 6.07) is 33.8. The first-order chi connectivity index (χ1) is 17.4. The second-order valence-corrected chi connectivity index (χ2v) is 9.58. The van der Waals surface area contributed by atoms with E-state index in [1.165, 1.54) is 33.0 Å². The lowest BCUT2D eigenvalue weighted by Crippen LogP contribution is -2.61. The van der Waals surface area contributed by atoms with Gasteiger partial charge >= 0.3 is 0 Å². The maximum Gasteiger partial charge on any atom is 0.260 e. The van der Waals surface area contributed by atoms with E-state index >= 15 is 0 Å². The second kappa shape index (κ2) is 6.19. The van der Waals surface area contributed by atoms with Crippen molar-refractivity contribution in [2.24, 2.45) is 0 Å². The molecule has 0 amide bonds. The molecule has 4 aliphatic rings. The van der Waals surface area contributed by atoms with Gasteiger partial charge in [-0.3, -0.25) is 0 Å². The molecule has 0 saturated carbocycles. The highest BCUT2D eigenvalue weighted by Crippen LogP contribution is 2.41. The fourth-order valence-electron chi connectivity index (χ4n) is 6.53. The molecule has 0 N–H and O–H groups in total. The molecule has 0 atom stereocenters. The van der Waals surface area contributed by atoms with Crippen LogP contribution in [-0.2, 0) is 0 Å². The van der Waals surface area contributed by atoms with Gasteiger partial charge in [0.15, 0.2) is 0 Å². The molecule has 4 aliphatic heterocycles. The van der Waals surface area contributed by atoms with Gasteiger partial charge in [0.25, 0.3) is 13.4 Å². The average Bonchev–Trinajstić information content (AvgIpc) is 3.24. The van der Waals surface area contributed by atoms with E-state index in [0.717, 1.165) is 45.4 Å². The normalized spacial score (nSPS) is 14.3. The predicted octanol–water partition coefficient (Wildman–Crippen LogP) is 3.02. The fourth-order valence-corrected chi connectivity index (χ4v) is 6.53. The summed E-state index contributed by atoms with van der Waals surface area (Å²) in [5.74, 6) is 5.18.